The van der Waals surface area contributed by atoms with Gasteiger partial charge in [-0.1, -0.05) is 0 Å². The highest BCUT2D eigenvalue weighted by Crippen LogP contribution is 1.99. The van der Waals surface area contributed by atoms with Gasteiger partial charge in [0.1, 0.15) is 0 Å². The lowest BCUT2D eigenvalue weighted by Crippen LogP contribution is -2.23. The van der Waals surface area contributed by atoms with E-state index in [2.05, 4.69) is 4.72 Å². The van der Waals surface area contributed by atoms with E-state index >= 15 is 0 Å². The van der Waals surface area contributed by atoms with E-state index < -0.39 is 6.09 Å². The Morgan fingerprint density at radius 2 is 2.45 bits per heavy atom. The highest BCUT2D eigenvalue weighted by molar-refractivity contribution is 7.95. The molecule has 5 nitrogen and oxygen atoms in total. The van der Waals surface area contributed by atoms with Crippen molar-refractivity contribution in [2.75, 3.05) is 27.3 Å². The maximum Gasteiger partial charge on any atom is 0.418 e. The second-order valence-corrected chi connectivity index (χ2v) is 2.78. The van der Waals surface area contributed by atoms with Crippen LogP contribution in [-0.4, -0.2) is 42.8 Å². The molecule has 0 rings (SSSR count). The first-order valence-electron chi connectivity index (χ1n) is 3.04. The maximum atomic E-state index is 10.2. The normalized spacial score (nSPS) is 9.64. The predicted octanol–water partition coefficient (Wildman–Crippen LogP) is 0.395. The van der Waals surface area contributed by atoms with Gasteiger partial charge in [-0.25, -0.2) is 13.8 Å². The summed E-state index contributed by atoms with van der Waals surface area (Å²) in [5.74, 6) is 0. The highest BCUT2D eigenvalue weighted by atomic mass is 32.2. The summed E-state index contributed by atoms with van der Waals surface area (Å²) in [5, 5.41) is 8.37. The lowest BCUT2D eigenvalue weighted by molar-refractivity contribution is 0.180. The number of nitrogens with zero attached hydrogens (tertiary/aromatic N) is 1. The molecule has 2 N–H and O–H groups in total. The van der Waals surface area contributed by atoms with E-state index in [1.165, 1.54) is 7.05 Å². The molecule has 0 saturated carbocycles. The van der Waals surface area contributed by atoms with Crippen LogP contribution in [0.15, 0.2) is 0 Å². The van der Waals surface area contributed by atoms with E-state index in [0.717, 1.165) is 16.4 Å². The van der Waals surface area contributed by atoms with Crippen LogP contribution >= 0.6 is 12.1 Å². The van der Waals surface area contributed by atoms with Gasteiger partial charge in [0.2, 0.25) is 0 Å². The van der Waals surface area contributed by atoms with Crippen LogP contribution in [0.4, 0.5) is 4.79 Å². The fourth-order valence-electron chi connectivity index (χ4n) is 0.325. The second-order valence-electron chi connectivity index (χ2n) is 1.76. The van der Waals surface area contributed by atoms with Crippen molar-refractivity contribution in [3.63, 3.8) is 0 Å². The Hall–Kier alpha value is -0.460. The van der Waals surface area contributed by atoms with E-state index in [0.29, 0.717) is 13.2 Å². The number of amides is 1. The molecule has 0 aromatic carbocycles. The Labute approximate surface area is 70.0 Å². The van der Waals surface area contributed by atoms with Gasteiger partial charge in [0.25, 0.3) is 0 Å². The maximum absolute atomic E-state index is 10.2. The van der Waals surface area contributed by atoms with E-state index in [9.17, 15) is 4.79 Å². The summed E-state index contributed by atoms with van der Waals surface area (Å²) in [4.78, 5) is 10.2. The largest absolute Gasteiger partial charge is 0.464 e. The molecule has 0 aromatic rings. The summed E-state index contributed by atoms with van der Waals surface area (Å²) in [6.07, 6.45) is -0.972. The van der Waals surface area contributed by atoms with E-state index in [1.807, 2.05) is 0 Å². The van der Waals surface area contributed by atoms with Crippen molar-refractivity contribution in [3.05, 3.63) is 0 Å². The fraction of sp³-hybridized carbons (Fsp3) is 0.800. The SMILES string of the molecule is COCCNSN(C)C(=O)O. The summed E-state index contributed by atoms with van der Waals surface area (Å²) in [6.45, 7) is 1.19. The Kier molecular flexibility index (Phi) is 6.00. The third kappa shape index (κ3) is 5.96. The van der Waals surface area contributed by atoms with Gasteiger partial charge in [0.05, 0.1) is 6.61 Å². The van der Waals surface area contributed by atoms with E-state index in [4.69, 9.17) is 9.84 Å². The predicted molar refractivity (Wildman–Crippen MR) is 43.3 cm³/mol. The smallest absolute Gasteiger partial charge is 0.418 e. The molecule has 0 atom stereocenters. The van der Waals surface area contributed by atoms with Crippen LogP contribution in [0, 0.1) is 0 Å². The zero-order valence-electron chi connectivity index (χ0n) is 6.53. The summed E-state index contributed by atoms with van der Waals surface area (Å²) in [5.41, 5.74) is 0. The minimum atomic E-state index is -0.972. The quantitative estimate of drug-likeness (QED) is 0.473. The number of hydrogen-bond donors (Lipinski definition) is 2. The summed E-state index contributed by atoms with van der Waals surface area (Å²) in [7, 11) is 3.06. The molecule has 0 fully saturated rings. The van der Waals surface area contributed by atoms with Gasteiger partial charge in [-0.2, -0.15) is 0 Å². The molecule has 1 amide bonds. The molecular weight excluding hydrogens is 168 g/mol. The van der Waals surface area contributed by atoms with Crippen molar-refractivity contribution < 1.29 is 14.6 Å². The van der Waals surface area contributed by atoms with Crippen molar-refractivity contribution in [1.29, 1.82) is 0 Å². The van der Waals surface area contributed by atoms with Crippen LogP contribution in [-0.2, 0) is 4.74 Å². The molecule has 0 aliphatic carbocycles. The number of carboxylic acid groups (broad SMARTS) is 1. The van der Waals surface area contributed by atoms with E-state index in [-0.39, 0.29) is 0 Å². The van der Waals surface area contributed by atoms with Gasteiger partial charge in [-0.05, 0) is 0 Å². The lowest BCUT2D eigenvalue weighted by atomic mass is 10.7. The second kappa shape index (κ2) is 6.26. The van der Waals surface area contributed by atoms with Crippen molar-refractivity contribution >= 4 is 18.2 Å². The average Bonchev–Trinajstić information content (AvgIpc) is 1.97. The first-order valence-corrected chi connectivity index (χ1v) is 3.81. The molecular formula is C5H12N2O3S. The first-order chi connectivity index (χ1) is 5.18. The molecule has 11 heavy (non-hydrogen) atoms. The van der Waals surface area contributed by atoms with Gasteiger partial charge in [-0.3, -0.25) is 0 Å². The lowest BCUT2D eigenvalue weighted by Gasteiger charge is -2.10. The van der Waals surface area contributed by atoms with Gasteiger partial charge in [-0.15, -0.1) is 0 Å². The van der Waals surface area contributed by atoms with Crippen LogP contribution in [0.25, 0.3) is 0 Å². The molecule has 0 radical (unpaired) electrons. The highest BCUT2D eigenvalue weighted by Gasteiger charge is 2.03. The van der Waals surface area contributed by atoms with Crippen molar-refractivity contribution in [1.82, 2.24) is 9.03 Å². The van der Waals surface area contributed by atoms with Crippen LogP contribution < -0.4 is 4.72 Å². The molecule has 0 aliphatic heterocycles. The average molecular weight is 180 g/mol. The molecule has 66 valence electrons. The number of nitrogens with one attached hydrogen (secondary N) is 1. The molecule has 0 bridgehead atoms. The molecule has 0 unspecified atom stereocenters. The number of ether oxygens (including phenoxy) is 1. The summed E-state index contributed by atoms with van der Waals surface area (Å²) >= 11 is 1.03. The Morgan fingerprint density at radius 3 is 2.91 bits per heavy atom. The zero-order valence-corrected chi connectivity index (χ0v) is 7.35. The fourth-order valence-corrected chi connectivity index (χ4v) is 0.772. The van der Waals surface area contributed by atoms with Gasteiger partial charge < -0.3 is 9.84 Å². The van der Waals surface area contributed by atoms with Crippen LogP contribution in [0.3, 0.4) is 0 Å². The number of methoxy groups -OCH3 is 1. The first kappa shape index (κ1) is 10.5. The van der Waals surface area contributed by atoms with Gasteiger partial charge in [0.15, 0.2) is 0 Å². The molecule has 0 saturated heterocycles. The van der Waals surface area contributed by atoms with Crippen molar-refractivity contribution in [2.45, 2.75) is 0 Å². The Balaban J connectivity index is 3.17. The number of hydrogen-bond acceptors (Lipinski definition) is 4. The Morgan fingerprint density at radius 1 is 1.82 bits per heavy atom. The van der Waals surface area contributed by atoms with Gasteiger partial charge in [0, 0.05) is 32.8 Å². The third-order valence-electron chi connectivity index (χ3n) is 0.879. The minimum absolute atomic E-state index is 0.570. The van der Waals surface area contributed by atoms with Crippen molar-refractivity contribution in [2.24, 2.45) is 0 Å². The van der Waals surface area contributed by atoms with Crippen molar-refractivity contribution in [3.8, 4) is 0 Å². The van der Waals surface area contributed by atoms with Crippen LogP contribution in [0.2, 0.25) is 0 Å². The minimum Gasteiger partial charge on any atom is -0.464 e. The third-order valence-corrected chi connectivity index (χ3v) is 1.64. The Bertz CT molecular complexity index is 122. The summed E-state index contributed by atoms with van der Waals surface area (Å²) in [6, 6.07) is 0. The van der Waals surface area contributed by atoms with Crippen LogP contribution in [0.5, 0.6) is 0 Å². The summed E-state index contributed by atoms with van der Waals surface area (Å²) < 4.78 is 8.63. The zero-order chi connectivity index (χ0) is 8.69. The monoisotopic (exact) mass is 180 g/mol. The standard InChI is InChI=1S/C5H12N2O3S/c1-7(5(8)9)11-6-3-4-10-2/h6H,3-4H2,1-2H3,(H,8,9). The van der Waals surface area contributed by atoms with E-state index in [1.54, 1.807) is 7.11 Å². The molecule has 0 aromatic heterocycles. The number of carbonyl (C=O) groups is 1. The van der Waals surface area contributed by atoms with Gasteiger partial charge >= 0.3 is 6.09 Å². The van der Waals surface area contributed by atoms with Crippen LogP contribution in [0.1, 0.15) is 0 Å². The topological polar surface area (TPSA) is 61.8 Å². The molecule has 0 spiro atoms. The molecule has 6 heteroatoms. The number of rotatable bonds is 5. The molecule has 0 heterocycles. The molecule has 0 aliphatic rings.